The van der Waals surface area contributed by atoms with Crippen molar-refractivity contribution in [3.63, 3.8) is 0 Å². The summed E-state index contributed by atoms with van der Waals surface area (Å²) in [5.74, 6) is -1.64. The van der Waals surface area contributed by atoms with Crippen molar-refractivity contribution >= 4 is 27.8 Å². The maximum atomic E-state index is 12.4. The molecule has 22 heavy (non-hydrogen) atoms. The third kappa shape index (κ3) is 3.19. The molecule has 0 aliphatic heterocycles. The third-order valence-corrected chi connectivity index (χ3v) is 3.77. The summed E-state index contributed by atoms with van der Waals surface area (Å²) in [6, 6.07) is 0. The van der Waals surface area contributed by atoms with E-state index in [1.54, 1.807) is 18.8 Å². The molecule has 1 N–H and O–H groups in total. The Hall–Kier alpha value is -2.16. The number of aromatic carboxylic acids is 1. The van der Waals surface area contributed by atoms with Crippen LogP contribution in [0, 0.1) is 0 Å². The summed E-state index contributed by atoms with van der Waals surface area (Å²) in [4.78, 5) is 25.0. The summed E-state index contributed by atoms with van der Waals surface area (Å²) in [6.07, 6.45) is 3.24. The average Bonchev–Trinajstić information content (AvgIpc) is 3.01. The minimum absolute atomic E-state index is 0.0588. The van der Waals surface area contributed by atoms with Crippen LogP contribution in [0.1, 0.15) is 33.5 Å². The van der Waals surface area contributed by atoms with E-state index in [0.29, 0.717) is 5.69 Å². The maximum absolute atomic E-state index is 12.4. The van der Waals surface area contributed by atoms with Gasteiger partial charge in [0.2, 0.25) is 0 Å². The predicted octanol–water partition coefficient (Wildman–Crippen LogP) is 1.37. The van der Waals surface area contributed by atoms with Gasteiger partial charge in [0, 0.05) is 33.0 Å². The number of hydrogen-bond donors (Lipinski definition) is 1. The van der Waals surface area contributed by atoms with E-state index >= 15 is 0 Å². The van der Waals surface area contributed by atoms with Crippen molar-refractivity contribution in [2.24, 2.45) is 7.05 Å². The first-order chi connectivity index (χ1) is 10.3. The van der Waals surface area contributed by atoms with E-state index in [1.807, 2.05) is 13.1 Å². The van der Waals surface area contributed by atoms with E-state index < -0.39 is 11.9 Å². The molecule has 2 aromatic heterocycles. The van der Waals surface area contributed by atoms with Gasteiger partial charge in [-0.1, -0.05) is 0 Å². The van der Waals surface area contributed by atoms with Crippen LogP contribution >= 0.6 is 15.9 Å². The fourth-order valence-corrected chi connectivity index (χ4v) is 2.45. The number of halogens is 1. The van der Waals surface area contributed by atoms with E-state index in [2.05, 4.69) is 26.1 Å². The van der Waals surface area contributed by atoms with Gasteiger partial charge in [-0.2, -0.15) is 10.2 Å². The van der Waals surface area contributed by atoms with Crippen LogP contribution in [0.3, 0.4) is 0 Å². The summed E-state index contributed by atoms with van der Waals surface area (Å²) in [5, 5.41) is 17.3. The number of carboxylic acid groups (broad SMARTS) is 1. The molecular weight excluding hydrogens is 354 g/mol. The van der Waals surface area contributed by atoms with E-state index in [1.165, 1.54) is 15.8 Å². The standard InChI is InChI=1S/C13H16BrN5O3/c1-4-19-6-9(14)10(15-19)7-17(2)12(20)8-5-18(3)16-11(8)13(21)22/h5-6H,4,7H2,1-3H3,(H,21,22). The van der Waals surface area contributed by atoms with Crippen molar-refractivity contribution in [1.29, 1.82) is 0 Å². The van der Waals surface area contributed by atoms with Gasteiger partial charge in [0.15, 0.2) is 5.69 Å². The normalized spacial score (nSPS) is 10.7. The molecule has 2 aromatic rings. The SMILES string of the molecule is CCn1cc(Br)c(CN(C)C(=O)c2cn(C)nc2C(=O)O)n1. The molecule has 2 rings (SSSR count). The number of aryl methyl sites for hydroxylation is 2. The number of carbonyl (C=O) groups is 2. The lowest BCUT2D eigenvalue weighted by Crippen LogP contribution is -2.27. The largest absolute Gasteiger partial charge is 0.476 e. The third-order valence-electron chi connectivity index (χ3n) is 3.11. The van der Waals surface area contributed by atoms with Crippen LogP contribution in [0.25, 0.3) is 0 Å². The lowest BCUT2D eigenvalue weighted by Gasteiger charge is -2.15. The Bertz CT molecular complexity index is 721. The fourth-order valence-electron chi connectivity index (χ4n) is 2.01. The average molecular weight is 370 g/mol. The van der Waals surface area contributed by atoms with Crippen molar-refractivity contribution in [3.8, 4) is 0 Å². The predicted molar refractivity (Wildman–Crippen MR) is 81.6 cm³/mol. The molecule has 0 spiro atoms. The maximum Gasteiger partial charge on any atom is 0.357 e. The highest BCUT2D eigenvalue weighted by Crippen LogP contribution is 2.18. The molecule has 0 radical (unpaired) electrons. The molecule has 0 saturated carbocycles. The Morgan fingerprint density at radius 3 is 2.59 bits per heavy atom. The molecule has 8 nitrogen and oxygen atoms in total. The first-order valence-corrected chi connectivity index (χ1v) is 7.37. The van der Waals surface area contributed by atoms with E-state index in [0.717, 1.165) is 11.0 Å². The molecular formula is C13H16BrN5O3. The molecule has 0 unspecified atom stereocenters. The molecule has 118 valence electrons. The number of amides is 1. The first-order valence-electron chi connectivity index (χ1n) is 6.57. The topological polar surface area (TPSA) is 93.2 Å². The molecule has 0 bridgehead atoms. The van der Waals surface area contributed by atoms with Crippen LogP contribution < -0.4 is 0 Å². The van der Waals surface area contributed by atoms with Crippen LogP contribution in [0.15, 0.2) is 16.9 Å². The highest BCUT2D eigenvalue weighted by molar-refractivity contribution is 9.10. The van der Waals surface area contributed by atoms with Gasteiger partial charge in [-0.05, 0) is 22.9 Å². The first kappa shape index (κ1) is 16.2. The van der Waals surface area contributed by atoms with Gasteiger partial charge in [0.05, 0.1) is 22.3 Å². The quantitative estimate of drug-likeness (QED) is 0.858. The van der Waals surface area contributed by atoms with Gasteiger partial charge < -0.3 is 10.0 Å². The van der Waals surface area contributed by atoms with Crippen molar-refractivity contribution in [2.45, 2.75) is 20.0 Å². The van der Waals surface area contributed by atoms with Crippen LogP contribution in [0.5, 0.6) is 0 Å². The molecule has 2 heterocycles. The molecule has 1 amide bonds. The van der Waals surface area contributed by atoms with Crippen molar-refractivity contribution in [2.75, 3.05) is 7.05 Å². The number of carbonyl (C=O) groups excluding carboxylic acids is 1. The molecule has 0 fully saturated rings. The summed E-state index contributed by atoms with van der Waals surface area (Å²) < 4.78 is 3.87. The summed E-state index contributed by atoms with van der Waals surface area (Å²) in [7, 11) is 3.17. The highest BCUT2D eigenvalue weighted by atomic mass is 79.9. The zero-order valence-corrected chi connectivity index (χ0v) is 14.0. The van der Waals surface area contributed by atoms with Crippen molar-refractivity contribution in [3.05, 3.63) is 33.8 Å². The molecule has 0 saturated heterocycles. The van der Waals surface area contributed by atoms with Gasteiger partial charge in [-0.25, -0.2) is 4.79 Å². The Morgan fingerprint density at radius 1 is 1.36 bits per heavy atom. The fraction of sp³-hybridized carbons (Fsp3) is 0.385. The Kier molecular flexibility index (Phi) is 4.65. The van der Waals surface area contributed by atoms with Crippen molar-refractivity contribution < 1.29 is 14.7 Å². The summed E-state index contributed by atoms with van der Waals surface area (Å²) >= 11 is 3.40. The second-order valence-corrected chi connectivity index (χ2v) is 5.67. The number of carboxylic acids is 1. The Balaban J connectivity index is 2.22. The summed E-state index contributed by atoms with van der Waals surface area (Å²) in [5.41, 5.74) is 0.513. The molecule has 0 aliphatic rings. The van der Waals surface area contributed by atoms with Gasteiger partial charge in [0.1, 0.15) is 0 Å². The van der Waals surface area contributed by atoms with Crippen LogP contribution in [0.2, 0.25) is 0 Å². The van der Waals surface area contributed by atoms with Gasteiger partial charge in [-0.3, -0.25) is 14.2 Å². The molecule has 0 aliphatic carbocycles. The number of nitrogens with zero attached hydrogens (tertiary/aromatic N) is 5. The number of rotatable bonds is 5. The second kappa shape index (κ2) is 6.30. The molecule has 0 atom stereocenters. The highest BCUT2D eigenvalue weighted by Gasteiger charge is 2.24. The van der Waals surface area contributed by atoms with E-state index in [4.69, 9.17) is 5.11 Å². The van der Waals surface area contributed by atoms with Gasteiger partial charge >= 0.3 is 5.97 Å². The number of hydrogen-bond acceptors (Lipinski definition) is 4. The lowest BCUT2D eigenvalue weighted by molar-refractivity contribution is 0.0674. The monoisotopic (exact) mass is 369 g/mol. The van der Waals surface area contributed by atoms with Gasteiger partial charge in [0.25, 0.3) is 5.91 Å². The minimum Gasteiger partial charge on any atom is -0.476 e. The Morgan fingerprint density at radius 2 is 2.05 bits per heavy atom. The zero-order valence-electron chi connectivity index (χ0n) is 12.4. The minimum atomic E-state index is -1.23. The van der Waals surface area contributed by atoms with Crippen LogP contribution in [-0.4, -0.2) is 48.5 Å². The van der Waals surface area contributed by atoms with E-state index in [-0.39, 0.29) is 17.8 Å². The van der Waals surface area contributed by atoms with Crippen LogP contribution in [-0.2, 0) is 20.1 Å². The van der Waals surface area contributed by atoms with Crippen LogP contribution in [0.4, 0.5) is 0 Å². The molecule has 9 heteroatoms. The smallest absolute Gasteiger partial charge is 0.357 e. The van der Waals surface area contributed by atoms with Gasteiger partial charge in [-0.15, -0.1) is 0 Å². The van der Waals surface area contributed by atoms with Crippen molar-refractivity contribution in [1.82, 2.24) is 24.5 Å². The number of aromatic nitrogens is 4. The second-order valence-electron chi connectivity index (χ2n) is 4.81. The summed E-state index contributed by atoms with van der Waals surface area (Å²) in [6.45, 7) is 2.95. The Labute approximate surface area is 135 Å². The lowest BCUT2D eigenvalue weighted by atomic mass is 10.2. The van der Waals surface area contributed by atoms with E-state index in [9.17, 15) is 9.59 Å². The zero-order chi connectivity index (χ0) is 16.4. The molecule has 0 aromatic carbocycles.